The maximum absolute atomic E-state index is 12.2. The molecular formula is C26H25ClN4O4. The number of carbonyl (C=O) groups excluding carboxylic acids is 3. The molecule has 0 radical (unpaired) electrons. The van der Waals surface area contributed by atoms with Crippen LogP contribution in [0.25, 0.3) is 0 Å². The first-order valence-corrected chi connectivity index (χ1v) is 11.2. The van der Waals surface area contributed by atoms with Crippen molar-refractivity contribution in [2.24, 2.45) is 5.10 Å². The molecule has 3 amide bonds. The summed E-state index contributed by atoms with van der Waals surface area (Å²) in [5.74, 6) is -1.62. The third-order valence-electron chi connectivity index (χ3n) is 4.92. The number of para-hydroxylation sites is 1. The van der Waals surface area contributed by atoms with Crippen molar-refractivity contribution in [1.82, 2.24) is 5.43 Å². The minimum absolute atomic E-state index is 0.206. The highest BCUT2D eigenvalue weighted by Crippen LogP contribution is 2.20. The highest BCUT2D eigenvalue weighted by atomic mass is 35.5. The standard InChI is InChI=1S/C26H25ClN4O4/c1-3-19-8-4-5-10-23(19)30-25(33)26(34)31-28-15-18-7-6-9-21(13-18)35-16-24(32)29-20-12-11-17(2)22(27)14-20/h4-15H,3,16H2,1-2H3,(H,29,32)(H,30,33)(H,31,34)/b28-15-. The minimum atomic E-state index is -0.896. The van der Waals surface area contributed by atoms with Crippen LogP contribution in [-0.4, -0.2) is 30.5 Å². The van der Waals surface area contributed by atoms with Crippen LogP contribution >= 0.6 is 11.6 Å². The number of aryl methyl sites for hydroxylation is 2. The lowest BCUT2D eigenvalue weighted by molar-refractivity contribution is -0.136. The number of ether oxygens (including phenoxy) is 1. The van der Waals surface area contributed by atoms with E-state index >= 15 is 0 Å². The normalized spacial score (nSPS) is 10.6. The van der Waals surface area contributed by atoms with Gasteiger partial charge in [-0.2, -0.15) is 5.10 Å². The van der Waals surface area contributed by atoms with Crippen LogP contribution in [0.1, 0.15) is 23.6 Å². The average Bonchev–Trinajstić information content (AvgIpc) is 2.85. The molecule has 0 spiro atoms. The molecule has 8 nitrogen and oxygen atoms in total. The van der Waals surface area contributed by atoms with Crippen LogP contribution in [0.15, 0.2) is 71.8 Å². The number of benzene rings is 3. The Kier molecular flexibility index (Phi) is 8.97. The van der Waals surface area contributed by atoms with Gasteiger partial charge in [-0.25, -0.2) is 5.43 Å². The summed E-state index contributed by atoms with van der Waals surface area (Å²) in [4.78, 5) is 36.3. The fraction of sp³-hybridized carbons (Fsp3) is 0.154. The second-order valence-corrected chi connectivity index (χ2v) is 7.94. The molecule has 0 saturated heterocycles. The zero-order chi connectivity index (χ0) is 25.2. The monoisotopic (exact) mass is 492 g/mol. The predicted molar refractivity (Wildman–Crippen MR) is 137 cm³/mol. The Labute approximate surface area is 208 Å². The summed E-state index contributed by atoms with van der Waals surface area (Å²) in [7, 11) is 0. The van der Waals surface area contributed by atoms with Gasteiger partial charge in [-0.1, -0.05) is 54.9 Å². The summed E-state index contributed by atoms with van der Waals surface area (Å²) in [5.41, 5.74) is 5.79. The highest BCUT2D eigenvalue weighted by Gasteiger charge is 2.14. The van der Waals surface area contributed by atoms with Gasteiger partial charge in [0.25, 0.3) is 5.91 Å². The van der Waals surface area contributed by atoms with Crippen LogP contribution in [0.2, 0.25) is 5.02 Å². The summed E-state index contributed by atoms with van der Waals surface area (Å²) in [5, 5.41) is 9.68. The number of rotatable bonds is 8. The summed E-state index contributed by atoms with van der Waals surface area (Å²) in [6.45, 7) is 3.63. The van der Waals surface area contributed by atoms with Gasteiger partial charge in [0.2, 0.25) is 0 Å². The number of hydrogen-bond donors (Lipinski definition) is 3. The van der Waals surface area contributed by atoms with Crippen LogP contribution < -0.4 is 20.8 Å². The number of halogens is 1. The molecular weight excluding hydrogens is 468 g/mol. The fourth-order valence-corrected chi connectivity index (χ4v) is 3.23. The Hall–Kier alpha value is -4.17. The van der Waals surface area contributed by atoms with E-state index in [2.05, 4.69) is 21.2 Å². The van der Waals surface area contributed by atoms with Crippen molar-refractivity contribution in [3.05, 3.63) is 88.4 Å². The molecule has 3 rings (SSSR count). The Morgan fingerprint density at radius 3 is 2.54 bits per heavy atom. The first-order valence-electron chi connectivity index (χ1n) is 10.9. The molecule has 0 heterocycles. The second-order valence-electron chi connectivity index (χ2n) is 7.54. The van der Waals surface area contributed by atoms with Gasteiger partial charge in [-0.3, -0.25) is 14.4 Å². The molecule has 9 heteroatoms. The number of carbonyl (C=O) groups is 3. The van der Waals surface area contributed by atoms with Crippen molar-refractivity contribution in [3.63, 3.8) is 0 Å². The van der Waals surface area contributed by atoms with Crippen molar-refractivity contribution in [2.75, 3.05) is 17.2 Å². The second kappa shape index (κ2) is 12.3. The lowest BCUT2D eigenvalue weighted by atomic mass is 10.1. The van der Waals surface area contributed by atoms with E-state index in [0.717, 1.165) is 17.5 Å². The van der Waals surface area contributed by atoms with Crippen molar-refractivity contribution in [1.29, 1.82) is 0 Å². The first kappa shape index (κ1) is 25.5. The molecule has 0 aliphatic heterocycles. The Balaban J connectivity index is 1.49. The average molecular weight is 493 g/mol. The molecule has 0 bridgehead atoms. The topological polar surface area (TPSA) is 109 Å². The van der Waals surface area contributed by atoms with E-state index in [1.54, 1.807) is 48.5 Å². The van der Waals surface area contributed by atoms with E-state index in [0.29, 0.717) is 27.7 Å². The van der Waals surface area contributed by atoms with E-state index in [-0.39, 0.29) is 12.5 Å². The highest BCUT2D eigenvalue weighted by molar-refractivity contribution is 6.39. The Bertz CT molecular complexity index is 1260. The van der Waals surface area contributed by atoms with E-state index < -0.39 is 11.8 Å². The molecule has 180 valence electrons. The van der Waals surface area contributed by atoms with Crippen LogP contribution in [0.3, 0.4) is 0 Å². The van der Waals surface area contributed by atoms with E-state index in [1.807, 2.05) is 32.0 Å². The minimum Gasteiger partial charge on any atom is -0.484 e. The lowest BCUT2D eigenvalue weighted by Gasteiger charge is -2.09. The molecule has 0 unspecified atom stereocenters. The van der Waals surface area contributed by atoms with Crippen LogP contribution in [0.5, 0.6) is 5.75 Å². The van der Waals surface area contributed by atoms with Crippen molar-refractivity contribution in [2.45, 2.75) is 20.3 Å². The first-order chi connectivity index (χ1) is 16.9. The van der Waals surface area contributed by atoms with Crippen LogP contribution in [0, 0.1) is 6.92 Å². The Morgan fingerprint density at radius 2 is 1.77 bits per heavy atom. The van der Waals surface area contributed by atoms with Gasteiger partial charge in [0.05, 0.1) is 6.21 Å². The molecule has 3 aromatic carbocycles. The van der Waals surface area contributed by atoms with E-state index in [4.69, 9.17) is 16.3 Å². The van der Waals surface area contributed by atoms with Gasteiger partial charge in [0.15, 0.2) is 6.61 Å². The summed E-state index contributed by atoms with van der Waals surface area (Å²) >= 11 is 6.07. The van der Waals surface area contributed by atoms with Gasteiger partial charge < -0.3 is 15.4 Å². The number of anilines is 2. The largest absolute Gasteiger partial charge is 0.484 e. The number of hydrogen-bond acceptors (Lipinski definition) is 5. The zero-order valence-electron chi connectivity index (χ0n) is 19.3. The van der Waals surface area contributed by atoms with Crippen molar-refractivity contribution in [3.8, 4) is 5.75 Å². The SMILES string of the molecule is CCc1ccccc1NC(=O)C(=O)N/N=C\c1cccc(OCC(=O)Nc2ccc(C)c(Cl)c2)c1. The van der Waals surface area contributed by atoms with Gasteiger partial charge >= 0.3 is 11.8 Å². The Morgan fingerprint density at radius 1 is 0.971 bits per heavy atom. The summed E-state index contributed by atoms with van der Waals surface area (Å²) in [6, 6.07) is 19.3. The third-order valence-corrected chi connectivity index (χ3v) is 5.32. The van der Waals surface area contributed by atoms with Crippen molar-refractivity contribution < 1.29 is 19.1 Å². The molecule has 3 aromatic rings. The molecule has 0 aromatic heterocycles. The van der Waals surface area contributed by atoms with Gasteiger partial charge in [-0.15, -0.1) is 0 Å². The maximum atomic E-state index is 12.2. The molecule has 0 aliphatic rings. The number of amides is 3. The molecule has 0 saturated carbocycles. The quantitative estimate of drug-likeness (QED) is 0.247. The van der Waals surface area contributed by atoms with E-state index in [1.165, 1.54) is 6.21 Å². The van der Waals surface area contributed by atoms with Gasteiger partial charge in [0, 0.05) is 16.4 Å². The lowest BCUT2D eigenvalue weighted by Crippen LogP contribution is -2.32. The van der Waals surface area contributed by atoms with Crippen LogP contribution in [0.4, 0.5) is 11.4 Å². The molecule has 0 atom stereocenters. The van der Waals surface area contributed by atoms with Gasteiger partial charge in [-0.05, 0) is 60.4 Å². The molecule has 0 aliphatic carbocycles. The molecule has 3 N–H and O–H groups in total. The fourth-order valence-electron chi connectivity index (χ4n) is 3.05. The van der Waals surface area contributed by atoms with Gasteiger partial charge in [0.1, 0.15) is 5.75 Å². The zero-order valence-corrected chi connectivity index (χ0v) is 20.1. The van der Waals surface area contributed by atoms with E-state index in [9.17, 15) is 14.4 Å². The number of hydrazone groups is 1. The third kappa shape index (κ3) is 7.68. The van der Waals surface area contributed by atoms with Crippen molar-refractivity contribution >= 4 is 46.9 Å². The van der Waals surface area contributed by atoms with Crippen LogP contribution in [-0.2, 0) is 20.8 Å². The molecule has 0 fully saturated rings. The summed E-state index contributed by atoms with van der Waals surface area (Å²) < 4.78 is 5.53. The smallest absolute Gasteiger partial charge is 0.329 e. The molecule has 35 heavy (non-hydrogen) atoms. The predicted octanol–water partition coefficient (Wildman–Crippen LogP) is 4.32. The number of nitrogens with one attached hydrogen (secondary N) is 3. The summed E-state index contributed by atoms with van der Waals surface area (Å²) in [6.07, 6.45) is 2.09. The maximum Gasteiger partial charge on any atom is 0.329 e. The number of nitrogens with zero attached hydrogens (tertiary/aromatic N) is 1.